The number of carbonyl (C=O) groups is 2. The van der Waals surface area contributed by atoms with Gasteiger partial charge < -0.3 is 20.4 Å². The molecule has 2 unspecified atom stereocenters. The summed E-state index contributed by atoms with van der Waals surface area (Å²) in [5, 5.41) is 6.00. The van der Waals surface area contributed by atoms with Crippen molar-refractivity contribution in [3.8, 4) is 0 Å². The van der Waals surface area contributed by atoms with E-state index in [0.29, 0.717) is 18.2 Å². The van der Waals surface area contributed by atoms with E-state index in [1.165, 1.54) is 25.8 Å². The van der Waals surface area contributed by atoms with Crippen molar-refractivity contribution in [2.24, 2.45) is 0 Å². The molecule has 146 valence electrons. The van der Waals surface area contributed by atoms with Gasteiger partial charge in [0.15, 0.2) is 0 Å². The summed E-state index contributed by atoms with van der Waals surface area (Å²) < 4.78 is 0. The Bertz CT molecular complexity index is 720. The molecule has 1 aromatic rings. The van der Waals surface area contributed by atoms with Crippen LogP contribution < -0.4 is 15.5 Å². The van der Waals surface area contributed by atoms with Crippen molar-refractivity contribution in [1.82, 2.24) is 10.2 Å². The Hall–Kier alpha value is -2.08. The molecular formula is C21H30N4O2. The van der Waals surface area contributed by atoms with Gasteiger partial charge >= 0.3 is 0 Å². The zero-order chi connectivity index (χ0) is 18.8. The maximum atomic E-state index is 12.5. The molecule has 2 fully saturated rings. The van der Waals surface area contributed by atoms with Crippen LogP contribution in [0, 0.1) is 0 Å². The third-order valence-corrected chi connectivity index (χ3v) is 6.23. The van der Waals surface area contributed by atoms with Gasteiger partial charge in [0, 0.05) is 31.2 Å². The fourth-order valence-electron chi connectivity index (χ4n) is 4.65. The fraction of sp³-hybridized carbons (Fsp3) is 0.619. The molecule has 3 aliphatic rings. The summed E-state index contributed by atoms with van der Waals surface area (Å²) in [6.07, 6.45) is 6.81. The SMILES string of the molecule is CC1CCCCN1CCCNC(=O)c1ccc2c(c1)NC(=O)C1CCCN21. The van der Waals surface area contributed by atoms with Crippen LogP contribution in [0.1, 0.15) is 55.8 Å². The number of amides is 2. The quantitative estimate of drug-likeness (QED) is 0.782. The standard InChI is InChI=1S/C21H30N4O2/c1-15-6-2-3-11-24(15)12-5-10-22-20(26)16-8-9-18-17(14-16)23-21(27)19-7-4-13-25(18)19/h8-9,14-15,19H,2-7,10-13H2,1H3,(H,22,26)(H,23,27). The number of nitrogens with zero attached hydrogens (tertiary/aromatic N) is 2. The summed E-state index contributed by atoms with van der Waals surface area (Å²) in [5.41, 5.74) is 2.40. The van der Waals surface area contributed by atoms with E-state index in [1.807, 2.05) is 18.2 Å². The summed E-state index contributed by atoms with van der Waals surface area (Å²) in [6, 6.07) is 6.26. The van der Waals surface area contributed by atoms with Crippen LogP contribution in [0.4, 0.5) is 11.4 Å². The first kappa shape index (κ1) is 18.3. The van der Waals surface area contributed by atoms with Crippen LogP contribution in [-0.2, 0) is 4.79 Å². The molecule has 2 N–H and O–H groups in total. The highest BCUT2D eigenvalue weighted by Gasteiger charge is 2.36. The molecule has 4 rings (SSSR count). The smallest absolute Gasteiger partial charge is 0.251 e. The van der Waals surface area contributed by atoms with Crippen molar-refractivity contribution in [3.05, 3.63) is 23.8 Å². The van der Waals surface area contributed by atoms with Crippen LogP contribution in [0.15, 0.2) is 18.2 Å². The molecule has 2 amide bonds. The number of rotatable bonds is 5. The van der Waals surface area contributed by atoms with Gasteiger partial charge in [0.05, 0.1) is 11.4 Å². The number of piperidine rings is 1. The second-order valence-corrected chi connectivity index (χ2v) is 8.06. The van der Waals surface area contributed by atoms with Crippen LogP contribution in [0.5, 0.6) is 0 Å². The van der Waals surface area contributed by atoms with Crippen molar-refractivity contribution < 1.29 is 9.59 Å². The molecule has 2 saturated heterocycles. The first-order valence-corrected chi connectivity index (χ1v) is 10.4. The third-order valence-electron chi connectivity index (χ3n) is 6.23. The zero-order valence-corrected chi connectivity index (χ0v) is 16.2. The first-order chi connectivity index (χ1) is 13.1. The van der Waals surface area contributed by atoms with Gasteiger partial charge in [-0.15, -0.1) is 0 Å². The van der Waals surface area contributed by atoms with Gasteiger partial charge in [-0.05, 0) is 63.8 Å². The first-order valence-electron chi connectivity index (χ1n) is 10.4. The number of hydrogen-bond donors (Lipinski definition) is 2. The van der Waals surface area contributed by atoms with Crippen molar-refractivity contribution in [2.45, 2.75) is 57.5 Å². The van der Waals surface area contributed by atoms with E-state index in [2.05, 4.69) is 27.4 Å². The normalized spacial score (nSPS) is 24.9. The molecule has 3 aliphatic heterocycles. The summed E-state index contributed by atoms with van der Waals surface area (Å²) in [6.45, 7) is 6.10. The number of carbonyl (C=O) groups excluding carboxylic acids is 2. The Balaban J connectivity index is 1.32. The monoisotopic (exact) mass is 370 g/mol. The van der Waals surface area contributed by atoms with Crippen molar-refractivity contribution in [2.75, 3.05) is 36.4 Å². The Kier molecular flexibility index (Phi) is 5.34. The van der Waals surface area contributed by atoms with Gasteiger partial charge in [-0.25, -0.2) is 0 Å². The van der Waals surface area contributed by atoms with Gasteiger partial charge in [-0.3, -0.25) is 9.59 Å². The second kappa shape index (κ2) is 7.89. The Morgan fingerprint density at radius 2 is 2.11 bits per heavy atom. The lowest BCUT2D eigenvalue weighted by Crippen LogP contribution is -2.44. The number of likely N-dealkylation sites (tertiary alicyclic amines) is 1. The average molecular weight is 370 g/mol. The Morgan fingerprint density at radius 3 is 2.96 bits per heavy atom. The van der Waals surface area contributed by atoms with Gasteiger partial charge in [-0.1, -0.05) is 6.42 Å². The highest BCUT2D eigenvalue weighted by atomic mass is 16.2. The lowest BCUT2D eigenvalue weighted by atomic mass is 10.0. The predicted octanol–water partition coefficient (Wildman–Crippen LogP) is 2.60. The number of fused-ring (bicyclic) bond motifs is 3. The van der Waals surface area contributed by atoms with E-state index in [9.17, 15) is 9.59 Å². The topological polar surface area (TPSA) is 64.7 Å². The maximum Gasteiger partial charge on any atom is 0.251 e. The van der Waals surface area contributed by atoms with Crippen LogP contribution in [0.3, 0.4) is 0 Å². The number of anilines is 2. The van der Waals surface area contributed by atoms with Crippen LogP contribution in [0.25, 0.3) is 0 Å². The minimum absolute atomic E-state index is 0.0469. The zero-order valence-electron chi connectivity index (χ0n) is 16.2. The molecule has 27 heavy (non-hydrogen) atoms. The number of hydrogen-bond acceptors (Lipinski definition) is 4. The molecule has 0 bridgehead atoms. The summed E-state index contributed by atoms with van der Waals surface area (Å²) in [4.78, 5) is 29.4. The molecule has 0 radical (unpaired) electrons. The van der Waals surface area contributed by atoms with Gasteiger partial charge in [0.25, 0.3) is 5.91 Å². The molecule has 3 heterocycles. The minimum Gasteiger partial charge on any atom is -0.358 e. The third kappa shape index (κ3) is 3.81. The van der Waals surface area contributed by atoms with E-state index >= 15 is 0 Å². The van der Waals surface area contributed by atoms with Gasteiger partial charge in [0.2, 0.25) is 5.91 Å². The van der Waals surface area contributed by atoms with Gasteiger partial charge in [-0.2, -0.15) is 0 Å². The lowest BCUT2D eigenvalue weighted by molar-refractivity contribution is -0.117. The summed E-state index contributed by atoms with van der Waals surface area (Å²) in [5.74, 6) is -0.0181. The lowest BCUT2D eigenvalue weighted by Gasteiger charge is -2.33. The molecule has 0 aliphatic carbocycles. The molecular weight excluding hydrogens is 340 g/mol. The minimum atomic E-state index is -0.0673. The van der Waals surface area contributed by atoms with Gasteiger partial charge in [0.1, 0.15) is 6.04 Å². The molecule has 0 saturated carbocycles. The molecule has 0 aromatic heterocycles. The van der Waals surface area contributed by atoms with E-state index < -0.39 is 0 Å². The van der Waals surface area contributed by atoms with E-state index in [-0.39, 0.29) is 17.9 Å². The van der Waals surface area contributed by atoms with Crippen molar-refractivity contribution >= 4 is 23.2 Å². The summed E-state index contributed by atoms with van der Waals surface area (Å²) >= 11 is 0. The van der Waals surface area contributed by atoms with Crippen LogP contribution >= 0.6 is 0 Å². The maximum absolute atomic E-state index is 12.5. The number of nitrogens with one attached hydrogen (secondary N) is 2. The molecule has 1 aromatic carbocycles. The average Bonchev–Trinajstić information content (AvgIpc) is 3.17. The Labute approximate surface area is 161 Å². The predicted molar refractivity (Wildman–Crippen MR) is 107 cm³/mol. The molecule has 0 spiro atoms. The van der Waals surface area contributed by atoms with E-state index in [1.54, 1.807) is 0 Å². The highest BCUT2D eigenvalue weighted by Crippen LogP contribution is 2.37. The second-order valence-electron chi connectivity index (χ2n) is 8.06. The summed E-state index contributed by atoms with van der Waals surface area (Å²) in [7, 11) is 0. The van der Waals surface area contributed by atoms with E-state index in [0.717, 1.165) is 43.7 Å². The molecule has 6 heteroatoms. The van der Waals surface area contributed by atoms with Crippen molar-refractivity contribution in [1.29, 1.82) is 0 Å². The van der Waals surface area contributed by atoms with Crippen LogP contribution in [-0.4, -0.2) is 55.0 Å². The molecule has 6 nitrogen and oxygen atoms in total. The number of benzene rings is 1. The fourth-order valence-corrected chi connectivity index (χ4v) is 4.65. The van der Waals surface area contributed by atoms with E-state index in [4.69, 9.17) is 0 Å². The largest absolute Gasteiger partial charge is 0.358 e. The molecule has 2 atom stereocenters. The van der Waals surface area contributed by atoms with Crippen molar-refractivity contribution in [3.63, 3.8) is 0 Å². The van der Waals surface area contributed by atoms with Crippen LogP contribution in [0.2, 0.25) is 0 Å². The highest BCUT2D eigenvalue weighted by molar-refractivity contribution is 6.06. The Morgan fingerprint density at radius 1 is 1.22 bits per heavy atom.